The Bertz CT molecular complexity index is 1130. The molecule has 8 nitrogen and oxygen atoms in total. The van der Waals surface area contributed by atoms with E-state index in [4.69, 9.17) is 9.47 Å². The fourth-order valence-corrected chi connectivity index (χ4v) is 7.73. The Hall–Kier alpha value is -2.87. The Labute approximate surface area is 224 Å². The van der Waals surface area contributed by atoms with E-state index in [-0.39, 0.29) is 35.7 Å². The van der Waals surface area contributed by atoms with Gasteiger partial charge >= 0.3 is 0 Å². The lowest BCUT2D eigenvalue weighted by Gasteiger charge is -2.42. The van der Waals surface area contributed by atoms with Crippen LogP contribution < -0.4 is 15.4 Å². The SMILES string of the molecule is COc1cccc(NC(=O)[C@H]2[C@H]3C=C[C@]4(O3)[C@H](C(=O)NC3CCCCC3)N([C@@H]3CCCC[C@@H]3C)C(=O)[C@@H]24)c1. The number of nitrogens with zero attached hydrogens (tertiary/aromatic N) is 1. The average Bonchev–Trinajstić information content (AvgIpc) is 3.57. The molecule has 7 atom stereocenters. The predicted molar refractivity (Wildman–Crippen MR) is 142 cm³/mol. The van der Waals surface area contributed by atoms with Crippen LogP contribution in [0, 0.1) is 17.8 Å². The molecule has 3 amide bonds. The van der Waals surface area contributed by atoms with Crippen LogP contribution in [0.15, 0.2) is 36.4 Å². The minimum atomic E-state index is -1.12. The van der Waals surface area contributed by atoms with Gasteiger partial charge in [0.25, 0.3) is 0 Å². The summed E-state index contributed by atoms with van der Waals surface area (Å²) in [5.41, 5.74) is -0.515. The van der Waals surface area contributed by atoms with Crippen LogP contribution in [0.25, 0.3) is 0 Å². The van der Waals surface area contributed by atoms with E-state index in [0.717, 1.165) is 51.4 Å². The van der Waals surface area contributed by atoms with Crippen LogP contribution in [0.1, 0.15) is 64.7 Å². The van der Waals surface area contributed by atoms with Crippen molar-refractivity contribution in [3.63, 3.8) is 0 Å². The van der Waals surface area contributed by atoms with Crippen molar-refractivity contribution in [2.45, 2.75) is 94.5 Å². The van der Waals surface area contributed by atoms with E-state index in [1.54, 1.807) is 19.2 Å². The number of nitrogens with one attached hydrogen (secondary N) is 2. The van der Waals surface area contributed by atoms with Crippen molar-refractivity contribution in [1.82, 2.24) is 10.2 Å². The summed E-state index contributed by atoms with van der Waals surface area (Å²) in [6.07, 6.45) is 12.7. The summed E-state index contributed by atoms with van der Waals surface area (Å²) >= 11 is 0. The van der Waals surface area contributed by atoms with Gasteiger partial charge in [0, 0.05) is 23.8 Å². The van der Waals surface area contributed by atoms with Crippen LogP contribution in [0.3, 0.4) is 0 Å². The second-order valence-corrected chi connectivity index (χ2v) is 11.8. The van der Waals surface area contributed by atoms with Crippen LogP contribution >= 0.6 is 0 Å². The number of hydrogen-bond donors (Lipinski definition) is 2. The monoisotopic (exact) mass is 521 g/mol. The molecular weight excluding hydrogens is 482 g/mol. The number of hydrogen-bond acceptors (Lipinski definition) is 5. The summed E-state index contributed by atoms with van der Waals surface area (Å²) < 4.78 is 11.8. The van der Waals surface area contributed by atoms with E-state index in [1.807, 2.05) is 29.2 Å². The first-order chi connectivity index (χ1) is 18.4. The second kappa shape index (κ2) is 10.0. The highest BCUT2D eigenvalue weighted by Gasteiger charge is 2.73. The van der Waals surface area contributed by atoms with E-state index >= 15 is 0 Å². The smallest absolute Gasteiger partial charge is 0.246 e. The Balaban J connectivity index is 1.32. The first-order valence-electron chi connectivity index (χ1n) is 14.4. The zero-order valence-electron chi connectivity index (χ0n) is 22.4. The lowest BCUT2D eigenvalue weighted by Crippen LogP contribution is -2.59. The molecule has 1 aromatic rings. The molecule has 2 saturated heterocycles. The van der Waals surface area contributed by atoms with Gasteiger partial charge in [-0.15, -0.1) is 0 Å². The van der Waals surface area contributed by atoms with Crippen molar-refractivity contribution >= 4 is 23.4 Å². The van der Waals surface area contributed by atoms with E-state index < -0.39 is 29.6 Å². The topological polar surface area (TPSA) is 97.0 Å². The van der Waals surface area contributed by atoms with Crippen molar-refractivity contribution in [3.8, 4) is 5.75 Å². The molecule has 2 saturated carbocycles. The Morgan fingerprint density at radius 1 is 1.05 bits per heavy atom. The van der Waals surface area contributed by atoms with Gasteiger partial charge in [-0.1, -0.05) is 57.2 Å². The average molecular weight is 522 g/mol. The zero-order chi connectivity index (χ0) is 26.4. The number of amides is 3. The molecule has 6 rings (SSSR count). The highest BCUT2D eigenvalue weighted by molar-refractivity contribution is 6.03. The van der Waals surface area contributed by atoms with Gasteiger partial charge in [-0.25, -0.2) is 0 Å². The summed E-state index contributed by atoms with van der Waals surface area (Å²) in [6, 6.07) is 6.51. The molecule has 4 fully saturated rings. The van der Waals surface area contributed by atoms with Crippen LogP contribution in [0.2, 0.25) is 0 Å². The van der Waals surface area contributed by atoms with Crippen molar-refractivity contribution in [2.24, 2.45) is 17.8 Å². The van der Waals surface area contributed by atoms with Crippen LogP contribution in [-0.4, -0.2) is 59.6 Å². The number of ether oxygens (including phenoxy) is 2. The summed E-state index contributed by atoms with van der Waals surface area (Å²) in [5, 5.41) is 6.27. The largest absolute Gasteiger partial charge is 0.497 e. The number of methoxy groups -OCH3 is 1. The number of carbonyl (C=O) groups is 3. The quantitative estimate of drug-likeness (QED) is 0.555. The molecule has 2 N–H and O–H groups in total. The first-order valence-corrected chi connectivity index (χ1v) is 14.4. The van der Waals surface area contributed by atoms with Crippen molar-refractivity contribution in [3.05, 3.63) is 36.4 Å². The van der Waals surface area contributed by atoms with Crippen molar-refractivity contribution in [1.29, 1.82) is 0 Å². The fourth-order valence-electron chi connectivity index (χ4n) is 7.73. The van der Waals surface area contributed by atoms with Gasteiger partial charge in [-0.05, 0) is 43.7 Å². The van der Waals surface area contributed by atoms with Gasteiger partial charge in [0.15, 0.2) is 0 Å². The number of rotatable bonds is 6. The summed E-state index contributed by atoms with van der Waals surface area (Å²) in [6.45, 7) is 2.18. The Kier molecular flexibility index (Phi) is 6.70. The molecule has 1 aromatic carbocycles. The Morgan fingerprint density at radius 2 is 1.82 bits per heavy atom. The predicted octanol–water partition coefficient (Wildman–Crippen LogP) is 3.81. The van der Waals surface area contributed by atoms with Gasteiger partial charge in [0.1, 0.15) is 17.4 Å². The zero-order valence-corrected chi connectivity index (χ0v) is 22.4. The lowest BCUT2D eigenvalue weighted by molar-refractivity contribution is -0.146. The van der Waals surface area contributed by atoms with Gasteiger partial charge in [0.2, 0.25) is 17.7 Å². The van der Waals surface area contributed by atoms with E-state index in [0.29, 0.717) is 11.4 Å². The molecule has 38 heavy (non-hydrogen) atoms. The number of carbonyl (C=O) groups excluding carboxylic acids is 3. The molecule has 0 unspecified atom stereocenters. The maximum Gasteiger partial charge on any atom is 0.246 e. The van der Waals surface area contributed by atoms with E-state index in [2.05, 4.69) is 17.6 Å². The molecule has 2 aliphatic carbocycles. The molecule has 0 aromatic heterocycles. The molecule has 3 aliphatic heterocycles. The maximum absolute atomic E-state index is 14.3. The van der Waals surface area contributed by atoms with Gasteiger partial charge < -0.3 is 25.0 Å². The highest BCUT2D eigenvalue weighted by atomic mass is 16.5. The normalized spacial score (nSPS) is 36.3. The summed E-state index contributed by atoms with van der Waals surface area (Å²) in [7, 11) is 1.58. The third-order valence-electron chi connectivity index (χ3n) is 9.58. The minimum Gasteiger partial charge on any atom is -0.497 e. The Morgan fingerprint density at radius 3 is 2.58 bits per heavy atom. The van der Waals surface area contributed by atoms with Crippen LogP contribution in [0.5, 0.6) is 5.75 Å². The first kappa shape index (κ1) is 25.4. The number of likely N-dealkylation sites (tertiary alicyclic amines) is 1. The number of anilines is 1. The molecule has 0 radical (unpaired) electrons. The second-order valence-electron chi connectivity index (χ2n) is 11.8. The van der Waals surface area contributed by atoms with E-state index in [9.17, 15) is 14.4 Å². The molecule has 2 bridgehead atoms. The highest BCUT2D eigenvalue weighted by Crippen LogP contribution is 2.56. The molecule has 3 heterocycles. The molecule has 8 heteroatoms. The maximum atomic E-state index is 14.3. The van der Waals surface area contributed by atoms with Gasteiger partial charge in [0.05, 0.1) is 25.0 Å². The van der Waals surface area contributed by atoms with Gasteiger partial charge in [-0.2, -0.15) is 0 Å². The minimum absolute atomic E-state index is 0.0310. The fraction of sp³-hybridized carbons (Fsp3) is 0.633. The van der Waals surface area contributed by atoms with Gasteiger partial charge in [-0.3, -0.25) is 14.4 Å². The third kappa shape index (κ3) is 4.12. The van der Waals surface area contributed by atoms with Crippen molar-refractivity contribution < 1.29 is 23.9 Å². The lowest BCUT2D eigenvalue weighted by atomic mass is 9.74. The van der Waals surface area contributed by atoms with Crippen LogP contribution in [0.4, 0.5) is 5.69 Å². The standard InChI is InChI=1S/C30H39N3O5/c1-18-9-6-7-14-22(18)33-26(28(35)31-19-10-4-3-5-11-19)30-16-15-23(38-30)24(25(30)29(33)36)27(34)32-20-12-8-13-21(17-20)37-2/h8,12-13,15-19,22-26H,3-7,9-11,14H2,1-2H3,(H,31,35)(H,32,34)/t18-,22+,23+,24-,25+,26-,30+/m0/s1. The third-order valence-corrected chi connectivity index (χ3v) is 9.58. The summed E-state index contributed by atoms with van der Waals surface area (Å²) in [5.74, 6) is -1.02. The molecule has 1 spiro atoms. The molecule has 5 aliphatic rings. The van der Waals surface area contributed by atoms with E-state index in [1.165, 1.54) is 6.42 Å². The number of fused-ring (bicyclic) bond motifs is 1. The molecule has 204 valence electrons. The van der Waals surface area contributed by atoms with Crippen LogP contribution in [-0.2, 0) is 19.1 Å². The number of benzene rings is 1. The summed E-state index contributed by atoms with van der Waals surface area (Å²) in [4.78, 5) is 43.9. The molecular formula is C30H39N3O5. The van der Waals surface area contributed by atoms with Crippen molar-refractivity contribution in [2.75, 3.05) is 12.4 Å².